The lowest BCUT2D eigenvalue weighted by molar-refractivity contribution is -0.140. The number of alkyl halides is 3. The number of nitrogens with one attached hydrogen (secondary N) is 1. The molecule has 1 N–H and O–H groups in total. The van der Waals surface area contributed by atoms with E-state index in [0.717, 1.165) is 12.1 Å². The van der Waals surface area contributed by atoms with Crippen molar-refractivity contribution in [1.29, 1.82) is 0 Å². The molecule has 1 aromatic carbocycles. The summed E-state index contributed by atoms with van der Waals surface area (Å²) in [6.07, 6.45) is -4.64. The van der Waals surface area contributed by atoms with E-state index < -0.39 is 17.6 Å². The van der Waals surface area contributed by atoms with Crippen LogP contribution in [0.15, 0.2) is 23.6 Å². The Bertz CT molecular complexity index is 439. The Hall–Kier alpha value is -1.17. The van der Waals surface area contributed by atoms with Gasteiger partial charge in [-0.05, 0) is 17.5 Å². The number of hydrogen-bond donors (Lipinski definition) is 1. The zero-order valence-corrected chi connectivity index (χ0v) is 8.75. The smallest absolute Gasteiger partial charge is 0.375 e. The first kappa shape index (κ1) is 11.3. The third kappa shape index (κ3) is 2.16. The van der Waals surface area contributed by atoms with Gasteiger partial charge in [0.25, 0.3) is 0 Å². The third-order valence-corrected chi connectivity index (χ3v) is 2.85. The first-order valence-electron chi connectivity index (χ1n) is 4.41. The van der Waals surface area contributed by atoms with Crippen molar-refractivity contribution in [2.75, 3.05) is 5.88 Å². The van der Waals surface area contributed by atoms with Crippen LogP contribution >= 0.6 is 11.8 Å². The average Bonchev–Trinajstić information content (AvgIpc) is 2.68. The van der Waals surface area contributed by atoms with Gasteiger partial charge in [-0.15, -0.1) is 11.8 Å². The van der Waals surface area contributed by atoms with Gasteiger partial charge < -0.3 is 5.32 Å². The fraction of sp³-hybridized carbons (Fsp3) is 0.200. The molecule has 1 aromatic rings. The van der Waals surface area contributed by atoms with E-state index in [4.69, 9.17) is 0 Å². The van der Waals surface area contributed by atoms with Gasteiger partial charge in [-0.25, -0.2) is 4.39 Å². The molecule has 0 amide bonds. The number of rotatable bonds is 1. The Morgan fingerprint density at radius 3 is 2.50 bits per heavy atom. The molecule has 0 bridgehead atoms. The van der Waals surface area contributed by atoms with Crippen LogP contribution < -0.4 is 5.32 Å². The zero-order chi connectivity index (χ0) is 11.8. The van der Waals surface area contributed by atoms with Crippen LogP contribution in [-0.4, -0.2) is 5.88 Å². The predicted molar refractivity (Wildman–Crippen MR) is 55.0 cm³/mol. The molecule has 0 fully saturated rings. The van der Waals surface area contributed by atoms with Gasteiger partial charge in [-0.3, -0.25) is 0 Å². The summed E-state index contributed by atoms with van der Waals surface area (Å²) < 4.78 is 50.1. The van der Waals surface area contributed by atoms with Crippen LogP contribution in [0.3, 0.4) is 0 Å². The normalized spacial score (nSPS) is 15.9. The summed E-state index contributed by atoms with van der Waals surface area (Å²) in [5.74, 6) is -0.595. The van der Waals surface area contributed by atoms with Gasteiger partial charge in [-0.2, -0.15) is 13.2 Å². The molecule has 0 aliphatic carbocycles. The topological polar surface area (TPSA) is 12.0 Å². The van der Waals surface area contributed by atoms with Crippen LogP contribution in [0.4, 0.5) is 17.6 Å². The van der Waals surface area contributed by atoms with Crippen molar-refractivity contribution in [3.8, 4) is 0 Å². The van der Waals surface area contributed by atoms with E-state index in [2.05, 4.69) is 5.32 Å². The Morgan fingerprint density at radius 2 is 2.00 bits per heavy atom. The van der Waals surface area contributed by atoms with Crippen molar-refractivity contribution >= 4 is 17.5 Å². The van der Waals surface area contributed by atoms with Crippen LogP contribution in [0.5, 0.6) is 0 Å². The minimum atomic E-state index is -4.64. The first-order valence-corrected chi connectivity index (χ1v) is 5.46. The van der Waals surface area contributed by atoms with Crippen LogP contribution in [0, 0.1) is 5.82 Å². The molecule has 0 atom stereocenters. The number of hydrogen-bond acceptors (Lipinski definition) is 2. The van der Waals surface area contributed by atoms with Crippen LogP contribution in [-0.2, 0) is 6.18 Å². The molecule has 1 aliphatic rings. The SMILES string of the molecule is Fc1cc(C2=CSCN2)ccc1C(F)(F)F. The largest absolute Gasteiger partial charge is 0.419 e. The zero-order valence-electron chi connectivity index (χ0n) is 7.94. The standard InChI is InChI=1S/C10H7F4NS/c11-8-3-6(9-4-16-5-15-9)1-2-7(8)10(12,13)14/h1-4,15H,5H2. The highest BCUT2D eigenvalue weighted by Gasteiger charge is 2.34. The van der Waals surface area contributed by atoms with E-state index in [-0.39, 0.29) is 0 Å². The summed E-state index contributed by atoms with van der Waals surface area (Å²) in [5.41, 5.74) is -0.157. The average molecular weight is 249 g/mol. The molecular weight excluding hydrogens is 242 g/mol. The van der Waals surface area contributed by atoms with Crippen molar-refractivity contribution in [3.05, 3.63) is 40.6 Å². The number of thioether (sulfide) groups is 1. The number of benzene rings is 1. The molecule has 1 heterocycles. The van der Waals surface area contributed by atoms with Gasteiger partial charge in [0.1, 0.15) is 5.82 Å². The maximum absolute atomic E-state index is 13.2. The number of halogens is 4. The van der Waals surface area contributed by atoms with Crippen molar-refractivity contribution < 1.29 is 17.6 Å². The molecule has 0 spiro atoms. The van der Waals surface area contributed by atoms with E-state index >= 15 is 0 Å². The minimum absolute atomic E-state index is 0.426. The van der Waals surface area contributed by atoms with Gasteiger partial charge in [0, 0.05) is 11.3 Å². The molecular formula is C10H7F4NS. The summed E-state index contributed by atoms with van der Waals surface area (Å²) in [4.78, 5) is 0. The molecule has 2 rings (SSSR count). The maximum Gasteiger partial charge on any atom is 0.419 e. The van der Waals surface area contributed by atoms with Crippen LogP contribution in [0.1, 0.15) is 11.1 Å². The fourth-order valence-electron chi connectivity index (χ4n) is 1.37. The van der Waals surface area contributed by atoms with E-state index in [1.54, 1.807) is 5.41 Å². The van der Waals surface area contributed by atoms with E-state index in [1.807, 2.05) is 0 Å². The third-order valence-electron chi connectivity index (χ3n) is 2.13. The monoisotopic (exact) mass is 249 g/mol. The highest BCUT2D eigenvalue weighted by molar-refractivity contribution is 8.02. The Balaban J connectivity index is 2.36. The molecule has 0 radical (unpaired) electrons. The molecule has 0 saturated carbocycles. The summed E-state index contributed by atoms with van der Waals surface area (Å²) in [7, 11) is 0. The molecule has 1 nitrogen and oxygen atoms in total. The van der Waals surface area contributed by atoms with Gasteiger partial charge in [-0.1, -0.05) is 6.07 Å². The molecule has 0 aromatic heterocycles. The van der Waals surface area contributed by atoms with Gasteiger partial charge >= 0.3 is 6.18 Å². The van der Waals surface area contributed by atoms with Gasteiger partial charge in [0.05, 0.1) is 11.4 Å². The molecule has 86 valence electrons. The Morgan fingerprint density at radius 1 is 1.25 bits per heavy atom. The highest BCUT2D eigenvalue weighted by Crippen LogP contribution is 2.33. The summed E-state index contributed by atoms with van der Waals surface area (Å²) in [6, 6.07) is 2.92. The Labute approximate surface area is 93.5 Å². The molecule has 16 heavy (non-hydrogen) atoms. The fourth-order valence-corrected chi connectivity index (χ4v) is 2.08. The molecule has 0 saturated heterocycles. The van der Waals surface area contributed by atoms with Crippen LogP contribution in [0.25, 0.3) is 5.70 Å². The molecule has 1 aliphatic heterocycles. The summed E-state index contributed by atoms with van der Waals surface area (Å²) >= 11 is 1.47. The maximum atomic E-state index is 13.2. The molecule has 6 heteroatoms. The highest BCUT2D eigenvalue weighted by atomic mass is 32.2. The van der Waals surface area contributed by atoms with Crippen molar-refractivity contribution in [1.82, 2.24) is 5.32 Å². The van der Waals surface area contributed by atoms with Gasteiger partial charge in [0.2, 0.25) is 0 Å². The second kappa shape index (κ2) is 4.01. The summed E-state index contributed by atoms with van der Waals surface area (Å²) in [6.45, 7) is 0. The second-order valence-corrected chi connectivity index (χ2v) is 4.07. The lowest BCUT2D eigenvalue weighted by Gasteiger charge is -2.10. The summed E-state index contributed by atoms with van der Waals surface area (Å²) in [5, 5.41) is 4.69. The van der Waals surface area contributed by atoms with Crippen molar-refractivity contribution in [2.24, 2.45) is 0 Å². The van der Waals surface area contributed by atoms with E-state index in [1.165, 1.54) is 17.8 Å². The van der Waals surface area contributed by atoms with Crippen molar-refractivity contribution in [2.45, 2.75) is 6.18 Å². The first-order chi connectivity index (χ1) is 7.48. The minimum Gasteiger partial charge on any atom is -0.375 e. The van der Waals surface area contributed by atoms with Crippen molar-refractivity contribution in [3.63, 3.8) is 0 Å². The van der Waals surface area contributed by atoms with E-state index in [9.17, 15) is 17.6 Å². The Kier molecular flexibility index (Phi) is 2.84. The lowest BCUT2D eigenvalue weighted by atomic mass is 10.1. The van der Waals surface area contributed by atoms with Gasteiger partial charge in [0.15, 0.2) is 0 Å². The van der Waals surface area contributed by atoms with E-state index in [0.29, 0.717) is 17.1 Å². The molecule has 0 unspecified atom stereocenters. The lowest BCUT2D eigenvalue weighted by Crippen LogP contribution is -2.10. The van der Waals surface area contributed by atoms with Crippen LogP contribution in [0.2, 0.25) is 0 Å². The quantitative estimate of drug-likeness (QED) is 0.765. The second-order valence-electron chi connectivity index (χ2n) is 3.21. The predicted octanol–water partition coefficient (Wildman–Crippen LogP) is 3.44.